The Labute approximate surface area is 88.4 Å². The van der Waals surface area contributed by atoms with Gasteiger partial charge in [-0.1, -0.05) is 12.1 Å². The molecule has 1 rings (SSSR count). The van der Waals surface area contributed by atoms with E-state index >= 15 is 0 Å². The van der Waals surface area contributed by atoms with Gasteiger partial charge in [-0.3, -0.25) is 4.79 Å². The molecule has 80 valence electrons. The third-order valence-corrected chi connectivity index (χ3v) is 1.87. The van der Waals surface area contributed by atoms with E-state index in [4.69, 9.17) is 10.8 Å². The lowest BCUT2D eigenvalue weighted by molar-refractivity contribution is -0.117. The van der Waals surface area contributed by atoms with Crippen molar-refractivity contribution in [3.63, 3.8) is 0 Å². The van der Waals surface area contributed by atoms with Crippen molar-refractivity contribution in [3.8, 4) is 5.75 Å². The van der Waals surface area contributed by atoms with Gasteiger partial charge < -0.3 is 16.2 Å². The van der Waals surface area contributed by atoms with Gasteiger partial charge in [0.15, 0.2) is 0 Å². The van der Waals surface area contributed by atoms with Crippen LogP contribution >= 0.6 is 0 Å². The maximum atomic E-state index is 11.4. The highest BCUT2D eigenvalue weighted by Crippen LogP contribution is 2.15. The first-order valence-electron chi connectivity index (χ1n) is 4.60. The van der Waals surface area contributed by atoms with Gasteiger partial charge in [-0.15, -0.1) is 6.58 Å². The molecule has 0 aliphatic heterocycles. The molecular weight excluding hydrogens is 192 g/mol. The number of rotatable bonds is 4. The van der Waals surface area contributed by atoms with E-state index in [2.05, 4.69) is 11.9 Å². The van der Waals surface area contributed by atoms with Gasteiger partial charge >= 0.3 is 0 Å². The fourth-order valence-corrected chi connectivity index (χ4v) is 1.11. The summed E-state index contributed by atoms with van der Waals surface area (Å²) in [6, 6.07) is 5.70. The molecule has 4 heteroatoms. The number of aromatic hydroxyl groups is 1. The molecule has 1 amide bonds. The summed E-state index contributed by atoms with van der Waals surface area (Å²) in [4.78, 5) is 11.4. The molecule has 0 saturated heterocycles. The monoisotopic (exact) mass is 206 g/mol. The highest BCUT2D eigenvalue weighted by atomic mass is 16.3. The van der Waals surface area contributed by atoms with Crippen LogP contribution in [-0.2, 0) is 4.79 Å². The summed E-state index contributed by atoms with van der Waals surface area (Å²) >= 11 is 0. The summed E-state index contributed by atoms with van der Waals surface area (Å²) in [5.74, 6) is -0.189. The predicted molar refractivity (Wildman–Crippen MR) is 59.5 cm³/mol. The number of phenols is 1. The molecule has 0 fully saturated rings. The van der Waals surface area contributed by atoms with Gasteiger partial charge in [-0.25, -0.2) is 0 Å². The van der Waals surface area contributed by atoms with Gasteiger partial charge in [-0.2, -0.15) is 0 Å². The van der Waals surface area contributed by atoms with Crippen molar-refractivity contribution in [2.75, 3.05) is 5.32 Å². The van der Waals surface area contributed by atoms with Gasteiger partial charge in [0, 0.05) is 11.8 Å². The number of amides is 1. The number of phenolic OH excluding ortho intramolecular Hbond substituents is 1. The van der Waals surface area contributed by atoms with E-state index in [1.54, 1.807) is 18.2 Å². The first-order chi connectivity index (χ1) is 7.13. The van der Waals surface area contributed by atoms with Crippen LogP contribution < -0.4 is 11.1 Å². The Balaban J connectivity index is 2.62. The minimum Gasteiger partial charge on any atom is -0.508 e. The minimum atomic E-state index is -0.607. The lowest BCUT2D eigenvalue weighted by Gasteiger charge is -2.10. The molecule has 4 nitrogen and oxygen atoms in total. The zero-order valence-electron chi connectivity index (χ0n) is 8.31. The average molecular weight is 206 g/mol. The molecule has 0 aliphatic carbocycles. The molecule has 0 radical (unpaired) electrons. The molecule has 1 unspecified atom stereocenters. The molecule has 0 spiro atoms. The van der Waals surface area contributed by atoms with Crippen molar-refractivity contribution in [2.24, 2.45) is 5.73 Å². The zero-order chi connectivity index (χ0) is 11.3. The fraction of sp³-hybridized carbons (Fsp3) is 0.182. The quantitative estimate of drug-likeness (QED) is 0.649. The van der Waals surface area contributed by atoms with E-state index in [-0.39, 0.29) is 11.7 Å². The average Bonchev–Trinajstić information content (AvgIpc) is 2.18. The molecule has 1 atom stereocenters. The largest absolute Gasteiger partial charge is 0.508 e. The standard InChI is InChI=1S/C11H14N2O2/c1-2-4-10(12)11(15)13-8-5-3-6-9(14)7-8/h2-3,5-7,10,14H,1,4,12H2,(H,13,15). The predicted octanol–water partition coefficient (Wildman–Crippen LogP) is 1.23. The van der Waals surface area contributed by atoms with E-state index in [0.29, 0.717) is 12.1 Å². The third kappa shape index (κ3) is 3.44. The summed E-state index contributed by atoms with van der Waals surface area (Å²) in [7, 11) is 0. The number of hydrogen-bond donors (Lipinski definition) is 3. The SMILES string of the molecule is C=CCC(N)C(=O)Nc1cccc(O)c1. The minimum absolute atomic E-state index is 0.102. The second kappa shape index (κ2) is 5.17. The van der Waals surface area contributed by atoms with Crippen molar-refractivity contribution in [3.05, 3.63) is 36.9 Å². The van der Waals surface area contributed by atoms with Crippen molar-refractivity contribution >= 4 is 11.6 Å². The van der Waals surface area contributed by atoms with Crippen LogP contribution in [0.3, 0.4) is 0 Å². The van der Waals surface area contributed by atoms with E-state index in [0.717, 1.165) is 0 Å². The summed E-state index contributed by atoms with van der Waals surface area (Å²) in [6.45, 7) is 3.50. The molecule has 0 aliphatic rings. The number of nitrogens with two attached hydrogens (primary N) is 1. The van der Waals surface area contributed by atoms with Crippen LogP contribution in [-0.4, -0.2) is 17.1 Å². The smallest absolute Gasteiger partial charge is 0.241 e. The zero-order valence-corrected chi connectivity index (χ0v) is 8.31. The number of carbonyl (C=O) groups is 1. The number of carbonyl (C=O) groups excluding carboxylic acids is 1. The highest BCUT2D eigenvalue weighted by molar-refractivity contribution is 5.94. The Morgan fingerprint density at radius 2 is 2.40 bits per heavy atom. The molecule has 4 N–H and O–H groups in total. The lowest BCUT2D eigenvalue weighted by Crippen LogP contribution is -2.34. The second-order valence-electron chi connectivity index (χ2n) is 3.17. The van der Waals surface area contributed by atoms with Crippen LogP contribution in [0, 0.1) is 0 Å². The van der Waals surface area contributed by atoms with Gasteiger partial charge in [0.05, 0.1) is 6.04 Å². The molecule has 0 aromatic heterocycles. The number of nitrogens with one attached hydrogen (secondary N) is 1. The van der Waals surface area contributed by atoms with E-state index in [1.165, 1.54) is 12.1 Å². The molecule has 0 saturated carbocycles. The van der Waals surface area contributed by atoms with Crippen molar-refractivity contribution in [1.82, 2.24) is 0 Å². The Morgan fingerprint density at radius 1 is 1.67 bits per heavy atom. The van der Waals surface area contributed by atoms with Crippen LogP contribution in [0.2, 0.25) is 0 Å². The number of benzene rings is 1. The molecule has 0 heterocycles. The van der Waals surface area contributed by atoms with Gasteiger partial charge in [-0.05, 0) is 18.6 Å². The van der Waals surface area contributed by atoms with Crippen molar-refractivity contribution < 1.29 is 9.90 Å². The van der Waals surface area contributed by atoms with Crippen LogP contribution in [0.15, 0.2) is 36.9 Å². The topological polar surface area (TPSA) is 75.4 Å². The summed E-state index contributed by atoms with van der Waals surface area (Å²) < 4.78 is 0. The van der Waals surface area contributed by atoms with Gasteiger partial charge in [0.1, 0.15) is 5.75 Å². The summed E-state index contributed by atoms with van der Waals surface area (Å²) in [5.41, 5.74) is 6.10. The Hall–Kier alpha value is -1.81. The van der Waals surface area contributed by atoms with E-state index in [9.17, 15) is 4.79 Å². The van der Waals surface area contributed by atoms with Crippen LogP contribution in [0.5, 0.6) is 5.75 Å². The summed E-state index contributed by atoms with van der Waals surface area (Å²) in [5, 5.41) is 11.8. The first-order valence-corrected chi connectivity index (χ1v) is 4.60. The maximum absolute atomic E-state index is 11.4. The lowest BCUT2D eigenvalue weighted by atomic mass is 10.2. The third-order valence-electron chi connectivity index (χ3n) is 1.87. The molecule has 0 bridgehead atoms. The second-order valence-corrected chi connectivity index (χ2v) is 3.17. The van der Waals surface area contributed by atoms with Crippen LogP contribution in [0.4, 0.5) is 5.69 Å². The Bertz CT molecular complexity index is 363. The molecule has 15 heavy (non-hydrogen) atoms. The van der Waals surface area contributed by atoms with E-state index in [1.807, 2.05) is 0 Å². The van der Waals surface area contributed by atoms with Gasteiger partial charge in [0.25, 0.3) is 0 Å². The van der Waals surface area contributed by atoms with E-state index < -0.39 is 6.04 Å². The van der Waals surface area contributed by atoms with Crippen LogP contribution in [0.25, 0.3) is 0 Å². The molecular formula is C11H14N2O2. The first kappa shape index (κ1) is 11.3. The Kier molecular flexibility index (Phi) is 3.88. The number of anilines is 1. The maximum Gasteiger partial charge on any atom is 0.241 e. The fourth-order valence-electron chi connectivity index (χ4n) is 1.11. The Morgan fingerprint density at radius 3 is 3.00 bits per heavy atom. The molecule has 1 aromatic rings. The number of hydrogen-bond acceptors (Lipinski definition) is 3. The normalized spacial score (nSPS) is 11.8. The van der Waals surface area contributed by atoms with Crippen molar-refractivity contribution in [1.29, 1.82) is 0 Å². The van der Waals surface area contributed by atoms with Gasteiger partial charge in [0.2, 0.25) is 5.91 Å². The van der Waals surface area contributed by atoms with Crippen molar-refractivity contribution in [2.45, 2.75) is 12.5 Å². The molecule has 1 aromatic carbocycles. The van der Waals surface area contributed by atoms with Crippen LogP contribution in [0.1, 0.15) is 6.42 Å². The summed E-state index contributed by atoms with van der Waals surface area (Å²) in [6.07, 6.45) is 2.01. The highest BCUT2D eigenvalue weighted by Gasteiger charge is 2.11.